The number of nitrogens with zero attached hydrogens (tertiary/aromatic N) is 1. The Morgan fingerprint density at radius 1 is 1.11 bits per heavy atom. The second-order valence-electron chi connectivity index (χ2n) is 6.16. The predicted molar refractivity (Wildman–Crippen MR) is 91.2 cm³/mol. The van der Waals surface area contributed by atoms with Gasteiger partial charge in [0.05, 0.1) is 25.2 Å². The quantitative estimate of drug-likeness (QED) is 0.358. The standard InChI is InChI=1S/C20H15NO5.Na/c1-26-12-7-6-11-8-16(21(10-17(22)23)15(11)9-12)18-19(24)13-4-2-3-5-14(13)20(18)25;/h2-7,9H,8,10H2,1H3,(H,22,23);/q;+1/p-1. The van der Waals surface area contributed by atoms with Gasteiger partial charge in [0, 0.05) is 35.0 Å². The van der Waals surface area contributed by atoms with Gasteiger partial charge in [0.2, 0.25) is 0 Å². The van der Waals surface area contributed by atoms with Crippen LogP contribution in [0, 0.1) is 0 Å². The molecule has 2 aromatic carbocycles. The third kappa shape index (κ3) is 3.10. The molecular weight excluding hydrogens is 357 g/mol. The fourth-order valence-electron chi connectivity index (χ4n) is 3.54. The Kier molecular flexibility index (Phi) is 5.24. The van der Waals surface area contributed by atoms with Crippen molar-refractivity contribution in [2.75, 3.05) is 18.6 Å². The molecule has 0 spiro atoms. The summed E-state index contributed by atoms with van der Waals surface area (Å²) >= 11 is 0. The second kappa shape index (κ2) is 7.31. The molecule has 4 rings (SSSR count). The van der Waals surface area contributed by atoms with E-state index < -0.39 is 12.5 Å². The monoisotopic (exact) mass is 371 g/mol. The summed E-state index contributed by atoms with van der Waals surface area (Å²) < 4.78 is 5.21. The number of anilines is 1. The van der Waals surface area contributed by atoms with E-state index in [-0.39, 0.29) is 46.7 Å². The molecule has 6 nitrogen and oxygen atoms in total. The maximum absolute atomic E-state index is 12.8. The molecule has 130 valence electrons. The number of carbonyl (C=O) groups is 3. The number of ketones is 2. The molecule has 1 heterocycles. The van der Waals surface area contributed by atoms with Crippen molar-refractivity contribution in [1.29, 1.82) is 0 Å². The number of Topliss-reactive ketones (excluding diaryl/α,β-unsaturated/α-hetero) is 2. The number of methoxy groups -OCH3 is 1. The van der Waals surface area contributed by atoms with Gasteiger partial charge in [0.15, 0.2) is 11.6 Å². The van der Waals surface area contributed by atoms with Gasteiger partial charge in [-0.05, 0) is 11.6 Å². The van der Waals surface area contributed by atoms with Crippen LogP contribution in [0.1, 0.15) is 26.3 Å². The van der Waals surface area contributed by atoms with Crippen LogP contribution in [0.15, 0.2) is 53.7 Å². The average molecular weight is 371 g/mol. The van der Waals surface area contributed by atoms with E-state index in [0.29, 0.717) is 34.7 Å². The minimum absolute atomic E-state index is 0. The van der Waals surface area contributed by atoms with Gasteiger partial charge in [-0.1, -0.05) is 30.3 Å². The number of ether oxygens (including phenoxy) is 1. The van der Waals surface area contributed by atoms with Crippen molar-refractivity contribution in [2.45, 2.75) is 6.42 Å². The molecule has 7 heteroatoms. The molecular formula is C20H14NNaO5. The molecule has 0 aromatic heterocycles. The summed E-state index contributed by atoms with van der Waals surface area (Å²) in [7, 11) is 1.51. The van der Waals surface area contributed by atoms with Gasteiger partial charge in [-0.15, -0.1) is 0 Å². The van der Waals surface area contributed by atoms with Crippen molar-refractivity contribution in [3.05, 3.63) is 70.4 Å². The maximum atomic E-state index is 12.8. The van der Waals surface area contributed by atoms with Gasteiger partial charge in [-0.2, -0.15) is 0 Å². The molecule has 0 amide bonds. The molecule has 1 aliphatic carbocycles. The topological polar surface area (TPSA) is 86.7 Å². The van der Waals surface area contributed by atoms with Gasteiger partial charge >= 0.3 is 29.6 Å². The second-order valence-corrected chi connectivity index (χ2v) is 6.16. The van der Waals surface area contributed by atoms with Crippen LogP contribution in [0.5, 0.6) is 5.75 Å². The minimum Gasteiger partial charge on any atom is -0.548 e. The van der Waals surface area contributed by atoms with E-state index in [1.165, 1.54) is 12.0 Å². The molecule has 0 N–H and O–H groups in total. The Labute approximate surface area is 177 Å². The van der Waals surface area contributed by atoms with Crippen LogP contribution < -0.4 is 44.3 Å². The van der Waals surface area contributed by atoms with Crippen molar-refractivity contribution >= 4 is 23.2 Å². The number of carbonyl (C=O) groups excluding carboxylic acids is 3. The predicted octanol–water partition coefficient (Wildman–Crippen LogP) is -1.86. The Morgan fingerprint density at radius 3 is 2.30 bits per heavy atom. The number of carboxylic acid groups (broad SMARTS) is 1. The third-order valence-corrected chi connectivity index (χ3v) is 4.71. The fourth-order valence-corrected chi connectivity index (χ4v) is 3.54. The van der Waals surface area contributed by atoms with E-state index >= 15 is 0 Å². The van der Waals surface area contributed by atoms with Gasteiger partial charge in [0.25, 0.3) is 0 Å². The number of fused-ring (bicyclic) bond motifs is 2. The summed E-state index contributed by atoms with van der Waals surface area (Å²) in [5, 5.41) is 11.3. The average Bonchev–Trinajstić information content (AvgIpc) is 3.10. The number of benzene rings is 2. The smallest absolute Gasteiger partial charge is 0.548 e. The fraction of sp³-hybridized carbons (Fsp3) is 0.150. The van der Waals surface area contributed by atoms with E-state index in [2.05, 4.69) is 0 Å². The number of hydrogen-bond donors (Lipinski definition) is 0. The van der Waals surface area contributed by atoms with Crippen molar-refractivity contribution in [1.82, 2.24) is 0 Å². The zero-order valence-corrected chi connectivity index (χ0v) is 16.9. The molecule has 0 unspecified atom stereocenters. The summed E-state index contributed by atoms with van der Waals surface area (Å²) in [5.74, 6) is -1.48. The first-order valence-electron chi connectivity index (χ1n) is 8.07. The van der Waals surface area contributed by atoms with Gasteiger partial charge in [-0.25, -0.2) is 0 Å². The summed E-state index contributed by atoms with van der Waals surface area (Å²) in [6, 6.07) is 11.9. The number of carboxylic acids is 1. The van der Waals surface area contributed by atoms with Crippen LogP contribution in [-0.2, 0) is 11.2 Å². The Hall–Kier alpha value is -2.41. The Balaban J connectivity index is 0.00000210. The van der Waals surface area contributed by atoms with Gasteiger partial charge in [-0.3, -0.25) is 9.59 Å². The molecule has 0 atom stereocenters. The van der Waals surface area contributed by atoms with Crippen LogP contribution in [0.3, 0.4) is 0 Å². The molecule has 0 bridgehead atoms. The SMILES string of the molecule is COc1ccc2c(c1)N(CC(=O)[O-])C(=C1C(=O)c3ccccc3C1=O)C2.[Na+]. The number of allylic oxidation sites excluding steroid dienone is 2. The number of rotatable bonds is 3. The molecule has 2 aromatic rings. The normalized spacial score (nSPS) is 14.8. The third-order valence-electron chi connectivity index (χ3n) is 4.71. The Morgan fingerprint density at radius 2 is 1.74 bits per heavy atom. The van der Waals surface area contributed by atoms with E-state index in [0.717, 1.165) is 5.56 Å². The molecule has 27 heavy (non-hydrogen) atoms. The zero-order chi connectivity index (χ0) is 18.4. The molecule has 1 aliphatic heterocycles. The van der Waals surface area contributed by atoms with E-state index in [4.69, 9.17) is 4.74 Å². The molecule has 0 fully saturated rings. The van der Waals surface area contributed by atoms with Gasteiger partial charge < -0.3 is 19.5 Å². The first-order valence-corrected chi connectivity index (χ1v) is 8.07. The van der Waals surface area contributed by atoms with Gasteiger partial charge in [0.1, 0.15) is 5.75 Å². The number of hydrogen-bond acceptors (Lipinski definition) is 6. The van der Waals surface area contributed by atoms with Crippen LogP contribution in [0.4, 0.5) is 5.69 Å². The van der Waals surface area contributed by atoms with E-state index in [9.17, 15) is 19.5 Å². The van der Waals surface area contributed by atoms with Crippen LogP contribution in [-0.4, -0.2) is 31.2 Å². The van der Waals surface area contributed by atoms with Crippen LogP contribution >= 0.6 is 0 Å². The summed E-state index contributed by atoms with van der Waals surface area (Å²) in [6.07, 6.45) is 0.299. The minimum atomic E-state index is -1.30. The van der Waals surface area contributed by atoms with Crippen LogP contribution in [0.2, 0.25) is 0 Å². The molecule has 0 saturated carbocycles. The zero-order valence-electron chi connectivity index (χ0n) is 14.9. The summed E-state index contributed by atoms with van der Waals surface area (Å²) in [5.41, 5.74) is 2.55. The maximum Gasteiger partial charge on any atom is 1.00 e. The van der Waals surface area contributed by atoms with Crippen molar-refractivity contribution < 1.29 is 53.8 Å². The van der Waals surface area contributed by atoms with Crippen LogP contribution in [0.25, 0.3) is 0 Å². The summed E-state index contributed by atoms with van der Waals surface area (Å²) in [4.78, 5) is 38.4. The number of aliphatic carboxylic acids is 1. The van der Waals surface area contributed by atoms with Crippen molar-refractivity contribution in [3.8, 4) is 5.75 Å². The Bertz CT molecular complexity index is 974. The van der Waals surface area contributed by atoms with Crippen molar-refractivity contribution in [2.24, 2.45) is 0 Å². The summed E-state index contributed by atoms with van der Waals surface area (Å²) in [6.45, 7) is -0.449. The van der Waals surface area contributed by atoms with Crippen molar-refractivity contribution in [3.63, 3.8) is 0 Å². The molecule has 0 saturated heterocycles. The van der Waals surface area contributed by atoms with E-state index in [1.54, 1.807) is 42.5 Å². The largest absolute Gasteiger partial charge is 1.00 e. The first kappa shape index (κ1) is 19.4. The van der Waals surface area contributed by atoms with E-state index in [1.807, 2.05) is 0 Å². The molecule has 2 aliphatic rings. The first-order chi connectivity index (χ1) is 12.5. The molecule has 0 radical (unpaired) electrons.